The number of rotatable bonds is 6. The lowest BCUT2D eigenvalue weighted by Gasteiger charge is -2.21. The Balaban J connectivity index is 2.43. The minimum Gasteiger partial charge on any atom is -0.383 e. The van der Waals surface area contributed by atoms with Gasteiger partial charge in [0.1, 0.15) is 0 Å². The number of hydrogen-bond acceptors (Lipinski definition) is 3. The Bertz CT molecular complexity index is 283. The van der Waals surface area contributed by atoms with E-state index in [2.05, 4.69) is 24.1 Å². The molecule has 1 aromatic heterocycles. The monoisotopic (exact) mass is 211 g/mol. The van der Waals surface area contributed by atoms with E-state index < -0.39 is 0 Å². The molecule has 0 bridgehead atoms. The Kier molecular flexibility index (Phi) is 4.78. The van der Waals surface area contributed by atoms with Crippen LogP contribution in [0.15, 0.2) is 12.5 Å². The molecule has 0 aliphatic heterocycles. The fourth-order valence-corrected chi connectivity index (χ4v) is 1.46. The standard InChI is InChI=1S/C11H21N3O/c1-9(2)11(7-15-4)13-6-10-5-12-8-14(10)3/h5,8-9,11,13H,6-7H2,1-4H3. The fourth-order valence-electron chi connectivity index (χ4n) is 1.46. The second-order valence-corrected chi connectivity index (χ2v) is 4.18. The molecule has 4 heteroatoms. The molecule has 1 atom stereocenters. The van der Waals surface area contributed by atoms with Gasteiger partial charge in [-0.2, -0.15) is 0 Å². The first kappa shape index (κ1) is 12.2. The van der Waals surface area contributed by atoms with Crippen molar-refractivity contribution in [3.05, 3.63) is 18.2 Å². The zero-order valence-electron chi connectivity index (χ0n) is 10.0. The average molecular weight is 211 g/mol. The second kappa shape index (κ2) is 5.88. The van der Waals surface area contributed by atoms with Crippen molar-refractivity contribution in [2.75, 3.05) is 13.7 Å². The third kappa shape index (κ3) is 3.64. The highest BCUT2D eigenvalue weighted by Crippen LogP contribution is 2.04. The van der Waals surface area contributed by atoms with Crippen molar-refractivity contribution in [2.45, 2.75) is 26.4 Å². The number of imidazole rings is 1. The number of aryl methyl sites for hydroxylation is 1. The van der Waals surface area contributed by atoms with Crippen LogP contribution in [-0.2, 0) is 18.3 Å². The molecular weight excluding hydrogens is 190 g/mol. The van der Waals surface area contributed by atoms with Crippen LogP contribution in [0.5, 0.6) is 0 Å². The molecule has 15 heavy (non-hydrogen) atoms. The van der Waals surface area contributed by atoms with E-state index in [-0.39, 0.29) is 0 Å². The van der Waals surface area contributed by atoms with E-state index in [1.165, 1.54) is 5.69 Å². The van der Waals surface area contributed by atoms with E-state index in [1.54, 1.807) is 7.11 Å². The minimum atomic E-state index is 0.393. The largest absolute Gasteiger partial charge is 0.383 e. The van der Waals surface area contributed by atoms with Crippen LogP contribution in [0.4, 0.5) is 0 Å². The van der Waals surface area contributed by atoms with Crippen molar-refractivity contribution in [1.29, 1.82) is 0 Å². The highest BCUT2D eigenvalue weighted by atomic mass is 16.5. The van der Waals surface area contributed by atoms with Crippen LogP contribution >= 0.6 is 0 Å². The zero-order chi connectivity index (χ0) is 11.3. The fraction of sp³-hybridized carbons (Fsp3) is 0.727. The van der Waals surface area contributed by atoms with Crippen LogP contribution in [0.2, 0.25) is 0 Å². The Morgan fingerprint density at radius 2 is 2.27 bits per heavy atom. The number of hydrogen-bond donors (Lipinski definition) is 1. The van der Waals surface area contributed by atoms with Crippen LogP contribution in [0.3, 0.4) is 0 Å². The van der Waals surface area contributed by atoms with Gasteiger partial charge in [-0.05, 0) is 5.92 Å². The number of aromatic nitrogens is 2. The summed E-state index contributed by atoms with van der Waals surface area (Å²) in [6.45, 7) is 5.97. The quantitative estimate of drug-likeness (QED) is 0.768. The third-order valence-electron chi connectivity index (χ3n) is 2.61. The molecule has 1 N–H and O–H groups in total. The first-order valence-electron chi connectivity index (χ1n) is 5.32. The summed E-state index contributed by atoms with van der Waals surface area (Å²) in [5.74, 6) is 0.568. The molecule has 0 saturated heterocycles. The summed E-state index contributed by atoms with van der Waals surface area (Å²) in [4.78, 5) is 4.08. The first-order valence-corrected chi connectivity index (χ1v) is 5.32. The SMILES string of the molecule is COCC(NCc1cncn1C)C(C)C. The maximum Gasteiger partial charge on any atom is 0.0945 e. The molecule has 1 aromatic rings. The molecule has 1 rings (SSSR count). The lowest BCUT2D eigenvalue weighted by Crippen LogP contribution is -2.37. The molecule has 86 valence electrons. The molecule has 1 unspecified atom stereocenters. The Morgan fingerprint density at radius 1 is 1.53 bits per heavy atom. The Hall–Kier alpha value is -0.870. The summed E-state index contributed by atoms with van der Waals surface area (Å²) in [5, 5.41) is 3.48. The van der Waals surface area contributed by atoms with E-state index in [0.29, 0.717) is 12.0 Å². The average Bonchev–Trinajstić information content (AvgIpc) is 2.58. The van der Waals surface area contributed by atoms with Gasteiger partial charge in [0.15, 0.2) is 0 Å². The van der Waals surface area contributed by atoms with Gasteiger partial charge in [-0.3, -0.25) is 0 Å². The first-order chi connectivity index (χ1) is 7.15. The molecular formula is C11H21N3O. The van der Waals surface area contributed by atoms with Gasteiger partial charge in [-0.25, -0.2) is 4.98 Å². The predicted molar refractivity (Wildman–Crippen MR) is 60.5 cm³/mol. The zero-order valence-corrected chi connectivity index (χ0v) is 10.0. The van der Waals surface area contributed by atoms with Crippen LogP contribution in [0.1, 0.15) is 19.5 Å². The lowest BCUT2D eigenvalue weighted by molar-refractivity contribution is 0.146. The van der Waals surface area contributed by atoms with Crippen LogP contribution in [0, 0.1) is 5.92 Å². The molecule has 0 radical (unpaired) electrons. The number of ether oxygens (including phenoxy) is 1. The molecule has 0 spiro atoms. The molecule has 0 amide bonds. The van der Waals surface area contributed by atoms with E-state index >= 15 is 0 Å². The summed E-state index contributed by atoms with van der Waals surface area (Å²) in [5.41, 5.74) is 1.19. The summed E-state index contributed by atoms with van der Waals surface area (Å²) >= 11 is 0. The van der Waals surface area contributed by atoms with Crippen molar-refractivity contribution in [1.82, 2.24) is 14.9 Å². The highest BCUT2D eigenvalue weighted by molar-refractivity contribution is 4.97. The summed E-state index contributed by atoms with van der Waals surface area (Å²) in [6, 6.07) is 0.393. The van der Waals surface area contributed by atoms with Crippen molar-refractivity contribution >= 4 is 0 Å². The van der Waals surface area contributed by atoms with Gasteiger partial charge in [0.05, 0.1) is 18.6 Å². The molecule has 0 aliphatic carbocycles. The van der Waals surface area contributed by atoms with E-state index in [4.69, 9.17) is 4.74 Å². The summed E-state index contributed by atoms with van der Waals surface area (Å²) in [7, 11) is 3.74. The molecule has 4 nitrogen and oxygen atoms in total. The summed E-state index contributed by atoms with van der Waals surface area (Å²) < 4.78 is 7.21. The predicted octanol–water partition coefficient (Wildman–Crippen LogP) is 1.18. The third-order valence-corrected chi connectivity index (χ3v) is 2.61. The molecule has 0 aromatic carbocycles. The van der Waals surface area contributed by atoms with Crippen molar-refractivity contribution < 1.29 is 4.74 Å². The Labute approximate surface area is 91.7 Å². The maximum absolute atomic E-state index is 5.18. The normalized spacial score (nSPS) is 13.4. The van der Waals surface area contributed by atoms with Gasteiger partial charge in [-0.15, -0.1) is 0 Å². The van der Waals surface area contributed by atoms with Crippen LogP contribution < -0.4 is 5.32 Å². The molecule has 0 saturated carbocycles. The topological polar surface area (TPSA) is 39.1 Å². The van der Waals surface area contributed by atoms with Gasteiger partial charge >= 0.3 is 0 Å². The van der Waals surface area contributed by atoms with Crippen LogP contribution in [-0.4, -0.2) is 29.3 Å². The Morgan fingerprint density at radius 3 is 2.73 bits per heavy atom. The lowest BCUT2D eigenvalue weighted by atomic mass is 10.1. The summed E-state index contributed by atoms with van der Waals surface area (Å²) in [6.07, 6.45) is 3.70. The van der Waals surface area contributed by atoms with E-state index in [9.17, 15) is 0 Å². The van der Waals surface area contributed by atoms with Gasteiger partial charge in [0, 0.05) is 32.9 Å². The van der Waals surface area contributed by atoms with Gasteiger partial charge in [0.25, 0.3) is 0 Å². The maximum atomic E-state index is 5.18. The van der Waals surface area contributed by atoms with Crippen LogP contribution in [0.25, 0.3) is 0 Å². The highest BCUT2D eigenvalue weighted by Gasteiger charge is 2.12. The molecule has 0 fully saturated rings. The second-order valence-electron chi connectivity index (χ2n) is 4.18. The van der Waals surface area contributed by atoms with Crippen molar-refractivity contribution in [3.8, 4) is 0 Å². The number of methoxy groups -OCH3 is 1. The number of nitrogens with zero attached hydrogens (tertiary/aromatic N) is 2. The van der Waals surface area contributed by atoms with Crippen molar-refractivity contribution in [3.63, 3.8) is 0 Å². The van der Waals surface area contributed by atoms with Gasteiger partial charge < -0.3 is 14.6 Å². The minimum absolute atomic E-state index is 0.393. The smallest absolute Gasteiger partial charge is 0.0945 e. The van der Waals surface area contributed by atoms with Gasteiger partial charge in [-0.1, -0.05) is 13.8 Å². The van der Waals surface area contributed by atoms with E-state index in [1.807, 2.05) is 24.1 Å². The number of nitrogens with one attached hydrogen (secondary N) is 1. The van der Waals surface area contributed by atoms with Gasteiger partial charge in [0.2, 0.25) is 0 Å². The van der Waals surface area contributed by atoms with Crippen molar-refractivity contribution in [2.24, 2.45) is 13.0 Å². The molecule has 0 aliphatic rings. The molecule has 1 heterocycles. The van der Waals surface area contributed by atoms with E-state index in [0.717, 1.165) is 13.2 Å².